The average Bonchev–Trinajstić information content (AvgIpc) is 3.22. The maximum atomic E-state index is 14.0. The fourth-order valence-corrected chi connectivity index (χ4v) is 5.94. The molecule has 1 unspecified atom stereocenters. The molecule has 0 N–H and O–H groups in total. The quantitative estimate of drug-likeness (QED) is 0.256. The Kier molecular flexibility index (Phi) is 9.10. The minimum atomic E-state index is -0.648. The van der Waals surface area contributed by atoms with Crippen molar-refractivity contribution in [2.24, 2.45) is 4.99 Å². The Labute approximate surface area is 238 Å². The zero-order chi connectivity index (χ0) is 29.0. The molecule has 1 atom stereocenters. The number of methoxy groups -OCH3 is 1. The van der Waals surface area contributed by atoms with Gasteiger partial charge in [0.15, 0.2) is 16.3 Å². The Morgan fingerprint density at radius 1 is 1.18 bits per heavy atom. The summed E-state index contributed by atoms with van der Waals surface area (Å²) in [5.41, 5.74) is 4.39. The van der Waals surface area contributed by atoms with Gasteiger partial charge in [0.05, 0.1) is 42.2 Å². The Bertz CT molecular complexity index is 1630. The maximum absolute atomic E-state index is 14.0. The first-order valence-electron chi connectivity index (χ1n) is 13.5. The van der Waals surface area contributed by atoms with Crippen molar-refractivity contribution in [1.29, 1.82) is 0 Å². The number of rotatable bonds is 10. The van der Waals surface area contributed by atoms with E-state index in [4.69, 9.17) is 14.2 Å². The van der Waals surface area contributed by atoms with E-state index < -0.39 is 12.0 Å². The van der Waals surface area contributed by atoms with Gasteiger partial charge in [-0.15, -0.1) is 6.58 Å². The van der Waals surface area contributed by atoms with E-state index in [1.165, 1.54) is 16.9 Å². The molecule has 0 fully saturated rings. The first-order chi connectivity index (χ1) is 19.2. The van der Waals surface area contributed by atoms with Gasteiger partial charge in [-0.2, -0.15) is 0 Å². The lowest BCUT2D eigenvalue weighted by molar-refractivity contribution is -0.139. The van der Waals surface area contributed by atoms with Gasteiger partial charge in [-0.05, 0) is 68.0 Å². The third-order valence-corrected chi connectivity index (χ3v) is 7.74. The topological polar surface area (TPSA) is 79.1 Å². The highest BCUT2D eigenvalue weighted by Gasteiger charge is 2.33. The number of thiazole rings is 1. The molecule has 0 saturated carbocycles. The molecule has 1 aliphatic heterocycles. The predicted molar refractivity (Wildman–Crippen MR) is 159 cm³/mol. The fraction of sp³-hybridized carbons (Fsp3) is 0.344. The van der Waals surface area contributed by atoms with Crippen molar-refractivity contribution in [2.75, 3.05) is 20.3 Å². The highest BCUT2D eigenvalue weighted by molar-refractivity contribution is 7.07. The number of benzene rings is 2. The van der Waals surface area contributed by atoms with Gasteiger partial charge in [0.2, 0.25) is 0 Å². The average molecular weight is 561 g/mol. The van der Waals surface area contributed by atoms with Crippen LogP contribution in [0, 0.1) is 0 Å². The lowest BCUT2D eigenvalue weighted by Crippen LogP contribution is -2.39. The molecule has 0 spiro atoms. The van der Waals surface area contributed by atoms with Crippen LogP contribution in [-0.4, -0.2) is 30.9 Å². The second-order valence-electron chi connectivity index (χ2n) is 9.76. The molecule has 40 heavy (non-hydrogen) atoms. The Morgan fingerprint density at radius 3 is 2.50 bits per heavy atom. The van der Waals surface area contributed by atoms with Crippen molar-refractivity contribution in [1.82, 2.24) is 4.57 Å². The molecule has 0 saturated heterocycles. The summed E-state index contributed by atoms with van der Waals surface area (Å²) in [4.78, 5) is 32.4. The number of aromatic nitrogens is 1. The number of ether oxygens (including phenoxy) is 3. The fourth-order valence-electron chi connectivity index (χ4n) is 4.89. The standard InChI is InChI=1S/C32H36N2O5S/c1-8-11-24-16-21(17-25(38-9-2)29(24)37-7)18-26-30(35)34-28(23-14-12-22(13-15-23)19(4)5)27(31(36)39-10-3)20(6)33-32(34)40-26/h8,12-19,28H,1,9-11H2,2-7H3. The normalized spacial score (nSPS) is 15.1. The molecule has 0 bridgehead atoms. The Morgan fingerprint density at radius 2 is 1.90 bits per heavy atom. The first-order valence-corrected chi connectivity index (χ1v) is 14.3. The van der Waals surface area contributed by atoms with Crippen LogP contribution in [-0.2, 0) is 16.0 Å². The first kappa shape index (κ1) is 29.1. The smallest absolute Gasteiger partial charge is 0.338 e. The van der Waals surface area contributed by atoms with Crippen LogP contribution in [0.2, 0.25) is 0 Å². The molecule has 2 heterocycles. The lowest BCUT2D eigenvalue weighted by Gasteiger charge is -2.25. The van der Waals surface area contributed by atoms with E-state index in [1.807, 2.05) is 49.4 Å². The predicted octanol–water partition coefficient (Wildman–Crippen LogP) is 5.06. The van der Waals surface area contributed by atoms with Crippen LogP contribution in [0.3, 0.4) is 0 Å². The summed E-state index contributed by atoms with van der Waals surface area (Å²) < 4.78 is 19.0. The second-order valence-corrected chi connectivity index (χ2v) is 10.8. The van der Waals surface area contributed by atoms with Gasteiger partial charge in [-0.1, -0.05) is 55.5 Å². The van der Waals surface area contributed by atoms with E-state index in [2.05, 4.69) is 25.4 Å². The van der Waals surface area contributed by atoms with Gasteiger partial charge in [0, 0.05) is 5.56 Å². The molecular formula is C32H36N2O5S. The van der Waals surface area contributed by atoms with Crippen LogP contribution in [0.1, 0.15) is 68.8 Å². The van der Waals surface area contributed by atoms with E-state index >= 15 is 0 Å². The summed E-state index contributed by atoms with van der Waals surface area (Å²) in [6.07, 6.45) is 4.22. The van der Waals surface area contributed by atoms with Gasteiger partial charge >= 0.3 is 5.97 Å². The van der Waals surface area contributed by atoms with E-state index in [-0.39, 0.29) is 12.2 Å². The zero-order valence-corrected chi connectivity index (χ0v) is 24.8. The summed E-state index contributed by atoms with van der Waals surface area (Å²) in [7, 11) is 1.61. The molecule has 0 amide bonds. The number of nitrogens with zero attached hydrogens (tertiary/aromatic N) is 2. The van der Waals surface area contributed by atoms with Gasteiger partial charge in [-0.3, -0.25) is 9.36 Å². The van der Waals surface area contributed by atoms with Crippen molar-refractivity contribution in [3.8, 4) is 11.5 Å². The SMILES string of the molecule is C=CCc1cc(C=c2sc3n(c2=O)C(c2ccc(C(C)C)cc2)C(C(=O)OCC)=C(C)N=3)cc(OCC)c1OC. The van der Waals surface area contributed by atoms with Crippen molar-refractivity contribution in [3.05, 3.63) is 102 Å². The summed E-state index contributed by atoms with van der Waals surface area (Å²) >= 11 is 1.29. The van der Waals surface area contributed by atoms with Crippen LogP contribution in [0.4, 0.5) is 0 Å². The molecule has 210 valence electrons. The van der Waals surface area contributed by atoms with Crippen molar-refractivity contribution in [2.45, 2.75) is 53.0 Å². The molecule has 1 aromatic heterocycles. The number of hydrogen-bond donors (Lipinski definition) is 0. The molecule has 1 aliphatic rings. The highest BCUT2D eigenvalue weighted by Crippen LogP contribution is 2.34. The van der Waals surface area contributed by atoms with Crippen LogP contribution in [0.15, 0.2) is 70.1 Å². The number of allylic oxidation sites excluding steroid dienone is 2. The van der Waals surface area contributed by atoms with Gasteiger partial charge < -0.3 is 14.2 Å². The van der Waals surface area contributed by atoms with Crippen molar-refractivity contribution < 1.29 is 19.0 Å². The van der Waals surface area contributed by atoms with E-state index in [0.717, 1.165) is 16.7 Å². The van der Waals surface area contributed by atoms with Crippen LogP contribution in [0.5, 0.6) is 11.5 Å². The lowest BCUT2D eigenvalue weighted by atomic mass is 9.93. The number of esters is 1. The highest BCUT2D eigenvalue weighted by atomic mass is 32.1. The number of carbonyl (C=O) groups is 1. The summed E-state index contributed by atoms with van der Waals surface area (Å²) in [5.74, 6) is 1.14. The van der Waals surface area contributed by atoms with Crippen molar-refractivity contribution in [3.63, 3.8) is 0 Å². The third kappa shape index (κ3) is 5.68. The summed E-state index contributed by atoms with van der Waals surface area (Å²) in [6.45, 7) is 14.3. The largest absolute Gasteiger partial charge is 0.493 e. The molecule has 4 rings (SSSR count). The monoisotopic (exact) mass is 560 g/mol. The molecule has 2 aromatic carbocycles. The maximum Gasteiger partial charge on any atom is 0.338 e. The minimum Gasteiger partial charge on any atom is -0.493 e. The van der Waals surface area contributed by atoms with E-state index in [9.17, 15) is 9.59 Å². The zero-order valence-electron chi connectivity index (χ0n) is 23.9. The van der Waals surface area contributed by atoms with Crippen molar-refractivity contribution >= 4 is 23.4 Å². The number of fused-ring (bicyclic) bond motifs is 1. The summed E-state index contributed by atoms with van der Waals surface area (Å²) in [5, 5.41) is 0. The van der Waals surface area contributed by atoms with Crippen LogP contribution >= 0.6 is 11.3 Å². The number of hydrogen-bond acceptors (Lipinski definition) is 7. The molecule has 8 heteroatoms. The minimum absolute atomic E-state index is 0.227. The molecule has 0 radical (unpaired) electrons. The third-order valence-electron chi connectivity index (χ3n) is 6.76. The molecular weight excluding hydrogens is 524 g/mol. The second kappa shape index (κ2) is 12.5. The Balaban J connectivity index is 1.93. The number of carbonyl (C=O) groups excluding carboxylic acids is 1. The molecule has 3 aromatic rings. The molecule has 7 nitrogen and oxygen atoms in total. The van der Waals surface area contributed by atoms with Crippen LogP contribution in [0.25, 0.3) is 6.08 Å². The van der Waals surface area contributed by atoms with E-state index in [0.29, 0.717) is 51.0 Å². The molecule has 0 aliphatic carbocycles. The van der Waals surface area contributed by atoms with Gasteiger partial charge in [0.25, 0.3) is 5.56 Å². The van der Waals surface area contributed by atoms with Gasteiger partial charge in [0.1, 0.15) is 0 Å². The van der Waals surface area contributed by atoms with E-state index in [1.54, 1.807) is 31.6 Å². The van der Waals surface area contributed by atoms with Crippen LogP contribution < -0.4 is 24.4 Å². The summed E-state index contributed by atoms with van der Waals surface area (Å²) in [6, 6.07) is 11.2. The van der Waals surface area contributed by atoms with Gasteiger partial charge in [-0.25, -0.2) is 9.79 Å². The Hall–Kier alpha value is -3.91.